The first-order valence-corrected chi connectivity index (χ1v) is 3.07. The maximum Gasteiger partial charge on any atom is 0.466 e. The van der Waals surface area contributed by atoms with Crippen LogP contribution in [0.15, 0.2) is 0 Å². The van der Waals surface area contributed by atoms with Crippen molar-refractivity contribution in [2.75, 3.05) is 0 Å². The van der Waals surface area contributed by atoms with Crippen molar-refractivity contribution in [3.05, 3.63) is 0 Å². The molecule has 5 nitrogen and oxygen atoms in total. The van der Waals surface area contributed by atoms with Crippen LogP contribution in [0.1, 0.15) is 6.92 Å². The molecule has 0 saturated carbocycles. The van der Waals surface area contributed by atoms with Crippen LogP contribution in [-0.4, -0.2) is 14.7 Å². The lowest BCUT2D eigenvalue weighted by atomic mass is 11.0. The van der Waals surface area contributed by atoms with E-state index in [-0.39, 0.29) is 0 Å². The van der Waals surface area contributed by atoms with Gasteiger partial charge in [-0.15, -0.1) is 0 Å². The fourth-order valence-corrected chi connectivity index (χ4v) is 0. The Bertz CT molecular complexity index is 112. The highest BCUT2D eigenvalue weighted by Gasteiger charge is 2.00. The molecule has 6 heteroatoms. The zero-order valence-corrected chi connectivity index (χ0v) is 5.04. The fraction of sp³-hybridized carbons (Fsp3) is 0.500. The van der Waals surface area contributed by atoms with Crippen molar-refractivity contribution < 1.29 is 19.2 Å². The summed E-state index contributed by atoms with van der Waals surface area (Å²) < 4.78 is 8.88. The molecule has 0 aromatic rings. The van der Waals surface area contributed by atoms with Crippen molar-refractivity contribution in [2.24, 2.45) is 0 Å². The summed E-state index contributed by atoms with van der Waals surface area (Å²) >= 11 is 0. The second kappa shape index (κ2) is 4.75. The summed E-state index contributed by atoms with van der Waals surface area (Å²) in [7, 11) is -4.64. The van der Waals surface area contributed by atoms with Gasteiger partial charge in [-0.2, -0.15) is 5.26 Å². The Morgan fingerprint density at radius 2 is 1.50 bits per heavy atom. The maximum absolute atomic E-state index is 8.88. The van der Waals surface area contributed by atoms with Crippen LogP contribution in [0, 0.1) is 11.3 Å². The van der Waals surface area contributed by atoms with Crippen molar-refractivity contribution in [3.63, 3.8) is 0 Å². The molecule has 0 aliphatic heterocycles. The van der Waals surface area contributed by atoms with E-state index in [0.717, 1.165) is 0 Å². The van der Waals surface area contributed by atoms with E-state index in [1.807, 2.05) is 0 Å². The highest BCUT2D eigenvalue weighted by atomic mass is 31.2. The van der Waals surface area contributed by atoms with Gasteiger partial charge in [0, 0.05) is 6.92 Å². The molecule has 0 radical (unpaired) electrons. The third-order valence-electron chi connectivity index (χ3n) is 0. The minimum absolute atomic E-state index is 1.43. The topological polar surface area (TPSA) is 102 Å². The normalized spacial score (nSPS) is 8.38. The van der Waals surface area contributed by atoms with E-state index in [2.05, 4.69) is 0 Å². The second-order valence-electron chi connectivity index (χ2n) is 0.737. The van der Waals surface area contributed by atoms with Gasteiger partial charge in [-0.1, -0.05) is 0 Å². The Morgan fingerprint density at radius 3 is 1.50 bits per heavy atom. The summed E-state index contributed by atoms with van der Waals surface area (Å²) in [4.78, 5) is 21.6. The molecule has 0 amide bonds. The van der Waals surface area contributed by atoms with Crippen molar-refractivity contribution in [3.8, 4) is 6.07 Å². The molecule has 0 bridgehead atoms. The third-order valence-corrected chi connectivity index (χ3v) is 0. The highest BCUT2D eigenvalue weighted by molar-refractivity contribution is 7.45. The average Bonchev–Trinajstić information content (AvgIpc) is 1.27. The zero-order chi connectivity index (χ0) is 7.21. The van der Waals surface area contributed by atoms with E-state index < -0.39 is 7.82 Å². The third kappa shape index (κ3) is 741. The minimum atomic E-state index is -4.64. The SMILES string of the molecule is CC#N.O=P(O)(O)O. The molecule has 0 aliphatic carbocycles. The first-order valence-electron chi connectivity index (χ1n) is 1.51. The van der Waals surface area contributed by atoms with Crippen LogP contribution in [0.4, 0.5) is 0 Å². The van der Waals surface area contributed by atoms with Crippen LogP contribution < -0.4 is 0 Å². The molecule has 0 spiro atoms. The number of phosphoric acid groups is 1. The standard InChI is InChI=1S/C2H3N.H3O4P/c1-2-3;1-5(2,3)4/h1H3;(H3,1,2,3,4). The largest absolute Gasteiger partial charge is 0.466 e. The highest BCUT2D eigenvalue weighted by Crippen LogP contribution is 2.25. The van der Waals surface area contributed by atoms with Crippen LogP contribution in [0.2, 0.25) is 0 Å². The van der Waals surface area contributed by atoms with Gasteiger partial charge in [-0.3, -0.25) is 0 Å². The van der Waals surface area contributed by atoms with Gasteiger partial charge in [0.2, 0.25) is 0 Å². The molecule has 0 saturated heterocycles. The summed E-state index contributed by atoms with van der Waals surface area (Å²) in [6, 6.07) is 1.75. The molecule has 8 heavy (non-hydrogen) atoms. The van der Waals surface area contributed by atoms with Crippen molar-refractivity contribution in [1.82, 2.24) is 0 Å². The molecule has 0 fully saturated rings. The zero-order valence-electron chi connectivity index (χ0n) is 4.14. The summed E-state index contributed by atoms with van der Waals surface area (Å²) in [5.74, 6) is 0. The Labute approximate surface area is 46.4 Å². The lowest BCUT2D eigenvalue weighted by Gasteiger charge is -1.82. The first-order chi connectivity index (χ1) is 3.41. The molecule has 0 atom stereocenters. The van der Waals surface area contributed by atoms with Crippen LogP contribution in [0.5, 0.6) is 0 Å². The average molecular weight is 139 g/mol. The molecular weight excluding hydrogens is 133 g/mol. The van der Waals surface area contributed by atoms with Crippen molar-refractivity contribution in [2.45, 2.75) is 6.92 Å². The van der Waals surface area contributed by atoms with Gasteiger partial charge in [-0.25, -0.2) is 4.57 Å². The lowest BCUT2D eigenvalue weighted by molar-refractivity contribution is 0.275. The predicted octanol–water partition coefficient (Wildman–Crippen LogP) is -0.399. The molecule has 0 unspecified atom stereocenters. The number of nitriles is 1. The predicted molar refractivity (Wildman–Crippen MR) is 25.5 cm³/mol. The molecule has 0 aliphatic rings. The van der Waals surface area contributed by atoms with E-state index in [4.69, 9.17) is 24.5 Å². The molecule has 0 heterocycles. The van der Waals surface area contributed by atoms with E-state index >= 15 is 0 Å². The van der Waals surface area contributed by atoms with Crippen molar-refractivity contribution in [1.29, 1.82) is 5.26 Å². The van der Waals surface area contributed by atoms with E-state index in [1.165, 1.54) is 6.92 Å². The molecule has 48 valence electrons. The summed E-state index contributed by atoms with van der Waals surface area (Å²) in [5, 5.41) is 7.32. The Hall–Kier alpha value is -0.400. The molecular formula is C2H6NO4P. The van der Waals surface area contributed by atoms with Crippen LogP contribution in [0.25, 0.3) is 0 Å². The number of nitrogens with zero attached hydrogens (tertiary/aromatic N) is 1. The Morgan fingerprint density at radius 1 is 1.50 bits per heavy atom. The van der Waals surface area contributed by atoms with Gasteiger partial charge in [-0.05, 0) is 0 Å². The monoisotopic (exact) mass is 139 g/mol. The van der Waals surface area contributed by atoms with Gasteiger partial charge in [0.1, 0.15) is 0 Å². The quantitative estimate of drug-likeness (QED) is 0.396. The number of hydrogen-bond donors (Lipinski definition) is 3. The summed E-state index contributed by atoms with van der Waals surface area (Å²) in [6.45, 7) is 1.43. The van der Waals surface area contributed by atoms with Gasteiger partial charge in [0.05, 0.1) is 6.07 Å². The molecule has 3 N–H and O–H groups in total. The lowest BCUT2D eigenvalue weighted by Crippen LogP contribution is -1.66. The van der Waals surface area contributed by atoms with E-state index in [1.54, 1.807) is 6.07 Å². The molecule has 0 aromatic carbocycles. The van der Waals surface area contributed by atoms with Crippen LogP contribution in [0.3, 0.4) is 0 Å². The van der Waals surface area contributed by atoms with Crippen molar-refractivity contribution >= 4 is 7.82 Å². The Kier molecular flexibility index (Phi) is 6.27. The second-order valence-corrected chi connectivity index (χ2v) is 1.76. The molecule has 0 rings (SSSR count). The van der Waals surface area contributed by atoms with Gasteiger partial charge >= 0.3 is 7.82 Å². The number of hydrogen-bond acceptors (Lipinski definition) is 2. The first kappa shape index (κ1) is 10.6. The maximum atomic E-state index is 8.88. The Balaban J connectivity index is 0. The minimum Gasteiger partial charge on any atom is -0.303 e. The van der Waals surface area contributed by atoms with E-state index in [0.29, 0.717) is 0 Å². The van der Waals surface area contributed by atoms with Crippen LogP contribution in [-0.2, 0) is 4.57 Å². The van der Waals surface area contributed by atoms with Crippen LogP contribution >= 0.6 is 7.82 Å². The fourth-order valence-electron chi connectivity index (χ4n) is 0. The summed E-state index contributed by atoms with van der Waals surface area (Å²) in [6.07, 6.45) is 0. The van der Waals surface area contributed by atoms with E-state index in [9.17, 15) is 0 Å². The summed E-state index contributed by atoms with van der Waals surface area (Å²) in [5.41, 5.74) is 0. The van der Waals surface area contributed by atoms with Gasteiger partial charge < -0.3 is 14.7 Å². The van der Waals surface area contributed by atoms with Gasteiger partial charge in [0.25, 0.3) is 0 Å². The molecule has 0 aromatic heterocycles. The smallest absolute Gasteiger partial charge is 0.303 e. The van der Waals surface area contributed by atoms with Gasteiger partial charge in [0.15, 0.2) is 0 Å². The number of rotatable bonds is 0.